The average Bonchev–Trinajstić information content (AvgIpc) is 2.36. The van der Waals surface area contributed by atoms with E-state index in [1.54, 1.807) is 0 Å². The van der Waals surface area contributed by atoms with E-state index in [9.17, 15) is 28.1 Å². The van der Waals surface area contributed by atoms with Gasteiger partial charge in [0.2, 0.25) is 0 Å². The molecular formula is C11H10ClF3N2O4. The number of aliphatic hydroxyl groups is 1. The van der Waals surface area contributed by atoms with Crippen LogP contribution in [0.5, 0.6) is 0 Å². The lowest BCUT2D eigenvalue weighted by molar-refractivity contribution is -0.384. The van der Waals surface area contributed by atoms with Crippen LogP contribution in [0.15, 0.2) is 18.2 Å². The molecule has 6 nitrogen and oxygen atoms in total. The van der Waals surface area contributed by atoms with E-state index in [0.717, 1.165) is 18.2 Å². The van der Waals surface area contributed by atoms with Crippen molar-refractivity contribution in [3.8, 4) is 0 Å². The molecule has 0 radical (unpaired) electrons. The topological polar surface area (TPSA) is 83.7 Å². The van der Waals surface area contributed by atoms with Gasteiger partial charge in [0.15, 0.2) is 0 Å². The maximum absolute atomic E-state index is 12.4. The molecule has 0 bridgehead atoms. The third kappa shape index (κ3) is 4.57. The Balaban J connectivity index is 3.15. The zero-order chi connectivity index (χ0) is 16.2. The highest BCUT2D eigenvalue weighted by molar-refractivity contribution is 6.35. The number of halogens is 4. The van der Waals surface area contributed by atoms with Crippen LogP contribution in [-0.2, 0) is 0 Å². The maximum atomic E-state index is 12.4. The average molecular weight is 327 g/mol. The van der Waals surface area contributed by atoms with Crippen LogP contribution < -0.4 is 0 Å². The molecule has 1 amide bonds. The first kappa shape index (κ1) is 17.2. The Kier molecular flexibility index (Phi) is 5.50. The highest BCUT2D eigenvalue weighted by Crippen LogP contribution is 2.29. The highest BCUT2D eigenvalue weighted by Gasteiger charge is 2.34. The molecule has 0 spiro atoms. The van der Waals surface area contributed by atoms with Crippen LogP contribution in [0.2, 0.25) is 5.02 Å². The van der Waals surface area contributed by atoms with Crippen LogP contribution in [0.3, 0.4) is 0 Å². The summed E-state index contributed by atoms with van der Waals surface area (Å²) < 4.78 is 37.2. The van der Waals surface area contributed by atoms with Crippen molar-refractivity contribution in [3.05, 3.63) is 38.9 Å². The number of nitrogens with zero attached hydrogens (tertiary/aromatic N) is 2. The van der Waals surface area contributed by atoms with Crippen LogP contribution >= 0.6 is 11.6 Å². The Hall–Kier alpha value is -1.87. The predicted molar refractivity (Wildman–Crippen MR) is 67.2 cm³/mol. The van der Waals surface area contributed by atoms with Gasteiger partial charge < -0.3 is 10.0 Å². The van der Waals surface area contributed by atoms with Gasteiger partial charge in [-0.1, -0.05) is 17.7 Å². The molecule has 0 aliphatic rings. The lowest BCUT2D eigenvalue weighted by Crippen LogP contribution is -2.40. The van der Waals surface area contributed by atoms with Crippen LogP contribution in [-0.4, -0.2) is 46.7 Å². The summed E-state index contributed by atoms with van der Waals surface area (Å²) in [6, 6.07) is 3.25. The Morgan fingerprint density at radius 3 is 2.52 bits per heavy atom. The number of benzene rings is 1. The smallest absolute Gasteiger partial charge is 0.395 e. The highest BCUT2D eigenvalue weighted by atomic mass is 35.5. The quantitative estimate of drug-likeness (QED) is 0.664. The van der Waals surface area contributed by atoms with Crippen molar-refractivity contribution in [3.63, 3.8) is 0 Å². The van der Waals surface area contributed by atoms with Crippen molar-refractivity contribution < 1.29 is 28.0 Å². The summed E-state index contributed by atoms with van der Waals surface area (Å²) in [5.41, 5.74) is -1.01. The molecule has 1 aromatic rings. The van der Waals surface area contributed by atoms with Crippen LogP contribution in [0.25, 0.3) is 0 Å². The van der Waals surface area contributed by atoms with Gasteiger partial charge in [0.25, 0.3) is 11.6 Å². The number of aliphatic hydroxyl groups excluding tert-OH is 1. The van der Waals surface area contributed by atoms with Crippen molar-refractivity contribution >= 4 is 23.2 Å². The Labute approximate surface area is 121 Å². The fourth-order valence-corrected chi connectivity index (χ4v) is 1.86. The normalized spacial score (nSPS) is 11.3. The van der Waals surface area contributed by atoms with Crippen molar-refractivity contribution in [2.24, 2.45) is 0 Å². The summed E-state index contributed by atoms with van der Waals surface area (Å²) in [6.45, 7) is -2.85. The van der Waals surface area contributed by atoms with Gasteiger partial charge in [0.1, 0.15) is 11.6 Å². The monoisotopic (exact) mass is 326 g/mol. The zero-order valence-electron chi connectivity index (χ0n) is 10.4. The standard InChI is InChI=1S/C11H10ClF3N2O4/c12-9-7(2-1-3-8(9)17(20)21)10(19)16(4-5-18)6-11(13,14)15/h1-3,18H,4-6H2. The van der Waals surface area contributed by atoms with E-state index >= 15 is 0 Å². The molecule has 0 heterocycles. The molecule has 10 heteroatoms. The molecule has 0 aliphatic heterocycles. The van der Waals surface area contributed by atoms with Gasteiger partial charge in [-0.2, -0.15) is 13.2 Å². The molecule has 1 N–H and O–H groups in total. The van der Waals surface area contributed by atoms with E-state index in [1.807, 2.05) is 0 Å². The number of nitro groups is 1. The first-order valence-corrected chi connectivity index (χ1v) is 5.95. The van der Waals surface area contributed by atoms with Crippen LogP contribution in [0, 0.1) is 10.1 Å². The van der Waals surface area contributed by atoms with E-state index in [1.165, 1.54) is 0 Å². The molecule has 0 aromatic heterocycles. The Morgan fingerprint density at radius 1 is 1.43 bits per heavy atom. The summed E-state index contributed by atoms with van der Waals surface area (Å²) >= 11 is 5.68. The molecule has 21 heavy (non-hydrogen) atoms. The maximum Gasteiger partial charge on any atom is 0.406 e. The van der Waals surface area contributed by atoms with Crippen molar-refractivity contribution in [1.82, 2.24) is 4.90 Å². The number of nitro benzene ring substituents is 1. The SMILES string of the molecule is O=C(c1cccc([N+](=O)[O-])c1Cl)N(CCO)CC(F)(F)F. The van der Waals surface area contributed by atoms with Crippen LogP contribution in [0.1, 0.15) is 10.4 Å². The van der Waals surface area contributed by atoms with Gasteiger partial charge in [-0.25, -0.2) is 0 Å². The van der Waals surface area contributed by atoms with E-state index in [2.05, 4.69) is 0 Å². The van der Waals surface area contributed by atoms with E-state index < -0.39 is 53.0 Å². The number of alkyl halides is 3. The molecule has 1 aromatic carbocycles. The number of rotatable bonds is 5. The second kappa shape index (κ2) is 6.72. The van der Waals surface area contributed by atoms with Crippen LogP contribution in [0.4, 0.5) is 18.9 Å². The summed E-state index contributed by atoms with van der Waals surface area (Å²) in [7, 11) is 0. The third-order valence-electron chi connectivity index (χ3n) is 2.43. The molecule has 1 rings (SSSR count). The molecule has 116 valence electrons. The minimum Gasteiger partial charge on any atom is -0.395 e. The van der Waals surface area contributed by atoms with Crippen molar-refractivity contribution in [1.29, 1.82) is 0 Å². The molecule has 0 unspecified atom stereocenters. The first-order valence-electron chi connectivity index (χ1n) is 5.57. The zero-order valence-corrected chi connectivity index (χ0v) is 11.2. The largest absolute Gasteiger partial charge is 0.406 e. The van der Waals surface area contributed by atoms with Crippen molar-refractivity contribution in [2.75, 3.05) is 19.7 Å². The summed E-state index contributed by atoms with van der Waals surface area (Å²) in [5, 5.41) is 18.9. The number of amides is 1. The van der Waals surface area contributed by atoms with Gasteiger partial charge in [-0.3, -0.25) is 14.9 Å². The fourth-order valence-electron chi connectivity index (χ4n) is 1.59. The summed E-state index contributed by atoms with van der Waals surface area (Å²) in [4.78, 5) is 22.2. The number of hydrogen-bond acceptors (Lipinski definition) is 4. The molecule has 0 fully saturated rings. The second-order valence-electron chi connectivity index (χ2n) is 3.96. The van der Waals surface area contributed by atoms with E-state index in [0.29, 0.717) is 4.90 Å². The number of carbonyl (C=O) groups is 1. The fraction of sp³-hybridized carbons (Fsp3) is 0.364. The molecular weight excluding hydrogens is 317 g/mol. The number of carbonyl (C=O) groups excluding carboxylic acids is 1. The van der Waals surface area contributed by atoms with E-state index in [4.69, 9.17) is 16.7 Å². The second-order valence-corrected chi connectivity index (χ2v) is 4.34. The lowest BCUT2D eigenvalue weighted by atomic mass is 10.1. The molecule has 0 aliphatic carbocycles. The van der Waals surface area contributed by atoms with Gasteiger partial charge in [0.05, 0.1) is 17.1 Å². The summed E-state index contributed by atoms with van der Waals surface area (Å²) in [6.07, 6.45) is -4.67. The van der Waals surface area contributed by atoms with Gasteiger partial charge in [-0.05, 0) is 6.07 Å². The molecule has 0 atom stereocenters. The molecule has 0 saturated heterocycles. The predicted octanol–water partition coefficient (Wildman–Crippen LogP) is 2.25. The van der Waals surface area contributed by atoms with E-state index in [-0.39, 0.29) is 0 Å². The third-order valence-corrected chi connectivity index (χ3v) is 2.83. The van der Waals surface area contributed by atoms with Gasteiger partial charge >= 0.3 is 6.18 Å². The Morgan fingerprint density at radius 2 is 2.05 bits per heavy atom. The minimum absolute atomic E-state index is 0.324. The molecule has 0 saturated carbocycles. The minimum atomic E-state index is -4.67. The first-order chi connectivity index (χ1) is 9.67. The van der Waals surface area contributed by atoms with Gasteiger partial charge in [0, 0.05) is 12.6 Å². The number of hydrogen-bond donors (Lipinski definition) is 1. The Bertz CT molecular complexity index is 551. The summed E-state index contributed by atoms with van der Waals surface area (Å²) in [5.74, 6) is -1.14. The van der Waals surface area contributed by atoms with Gasteiger partial charge in [-0.15, -0.1) is 0 Å². The lowest BCUT2D eigenvalue weighted by Gasteiger charge is -2.23. The van der Waals surface area contributed by atoms with Crippen molar-refractivity contribution in [2.45, 2.75) is 6.18 Å².